The number of nitrogens with one attached hydrogen (secondary N) is 1. The maximum absolute atomic E-state index is 13.3. The summed E-state index contributed by atoms with van der Waals surface area (Å²) in [7, 11) is 3.13. The minimum absolute atomic E-state index is 0.250. The number of benzene rings is 3. The lowest BCUT2D eigenvalue weighted by Crippen LogP contribution is -2.22. The highest BCUT2D eigenvalue weighted by molar-refractivity contribution is 8.00. The highest BCUT2D eigenvalue weighted by atomic mass is 32.2. The fourth-order valence-electron chi connectivity index (χ4n) is 4.43. The van der Waals surface area contributed by atoms with Crippen LogP contribution in [0.25, 0.3) is 32.6 Å². The summed E-state index contributed by atoms with van der Waals surface area (Å²) in [6.07, 6.45) is 0. The number of nitrogens with zero attached hydrogens (tertiary/aromatic N) is 3. The topological polar surface area (TPSA) is 106 Å². The molecule has 0 bridgehead atoms. The van der Waals surface area contributed by atoms with Crippen LogP contribution in [0.5, 0.6) is 17.2 Å². The minimum atomic E-state index is -0.582. The van der Waals surface area contributed by atoms with Gasteiger partial charge in [0.05, 0.1) is 47.6 Å². The summed E-state index contributed by atoms with van der Waals surface area (Å²) in [6, 6.07) is 25.1. The Morgan fingerprint density at radius 1 is 1.02 bits per heavy atom. The molecule has 10 heteroatoms. The number of thioether (sulfide) groups is 1. The second-order valence-corrected chi connectivity index (χ2v) is 11.4. The van der Waals surface area contributed by atoms with Crippen LogP contribution in [0.1, 0.15) is 19.4 Å². The normalized spacial score (nSPS) is 11.5. The molecule has 2 aromatic heterocycles. The summed E-state index contributed by atoms with van der Waals surface area (Å²) in [5, 5.41) is 13.6. The Bertz CT molecular complexity index is 1780. The Labute approximate surface area is 252 Å². The molecule has 0 radical (unpaired) electrons. The van der Waals surface area contributed by atoms with Gasteiger partial charge in [-0.25, -0.2) is 9.97 Å². The van der Waals surface area contributed by atoms with Crippen molar-refractivity contribution in [3.05, 3.63) is 78.4 Å². The van der Waals surface area contributed by atoms with Crippen molar-refractivity contribution in [2.24, 2.45) is 0 Å². The van der Waals surface area contributed by atoms with Crippen molar-refractivity contribution in [1.82, 2.24) is 9.97 Å². The van der Waals surface area contributed by atoms with E-state index in [0.29, 0.717) is 50.6 Å². The molecule has 5 aromatic rings. The molecule has 1 unspecified atom stereocenters. The predicted molar refractivity (Wildman–Crippen MR) is 168 cm³/mol. The molecule has 0 aliphatic heterocycles. The van der Waals surface area contributed by atoms with E-state index in [2.05, 4.69) is 16.4 Å². The molecule has 0 aliphatic rings. The third-order valence-corrected chi connectivity index (χ3v) is 8.44. The summed E-state index contributed by atoms with van der Waals surface area (Å²) in [5.74, 6) is 1.56. The van der Waals surface area contributed by atoms with Crippen LogP contribution in [0.15, 0.2) is 77.8 Å². The SMILES string of the molecule is CCOc1ccc2nc(NC(=O)C(C)Sc3nc(-c4ccccc4)cc(-c4cccc(OC)c4OC)c3C#N)sc2c1. The summed E-state index contributed by atoms with van der Waals surface area (Å²) in [6.45, 7) is 4.28. The van der Waals surface area contributed by atoms with Crippen molar-refractivity contribution in [2.45, 2.75) is 24.1 Å². The van der Waals surface area contributed by atoms with Crippen molar-refractivity contribution in [3.63, 3.8) is 0 Å². The number of aromatic nitrogens is 2. The number of ether oxygens (including phenoxy) is 3. The molecule has 0 aliphatic carbocycles. The number of carbonyl (C=O) groups is 1. The fourth-order valence-corrected chi connectivity index (χ4v) is 6.25. The van der Waals surface area contributed by atoms with Gasteiger partial charge in [0.2, 0.25) is 5.91 Å². The van der Waals surface area contributed by atoms with Crippen molar-refractivity contribution in [1.29, 1.82) is 5.26 Å². The first-order chi connectivity index (χ1) is 20.4. The van der Waals surface area contributed by atoms with E-state index in [1.165, 1.54) is 23.1 Å². The summed E-state index contributed by atoms with van der Waals surface area (Å²) in [5.41, 5.74) is 3.99. The molecule has 3 aromatic carbocycles. The molecule has 5 rings (SSSR count). The van der Waals surface area contributed by atoms with E-state index in [1.807, 2.05) is 73.7 Å². The number of hydrogen-bond acceptors (Lipinski definition) is 9. The summed E-state index contributed by atoms with van der Waals surface area (Å²) < 4.78 is 17.7. The van der Waals surface area contributed by atoms with Gasteiger partial charge in [0.1, 0.15) is 16.8 Å². The van der Waals surface area contributed by atoms with Gasteiger partial charge in [0.25, 0.3) is 0 Å². The van der Waals surface area contributed by atoms with Crippen molar-refractivity contribution < 1.29 is 19.0 Å². The smallest absolute Gasteiger partial charge is 0.239 e. The van der Waals surface area contributed by atoms with Gasteiger partial charge < -0.3 is 19.5 Å². The van der Waals surface area contributed by atoms with Crippen molar-refractivity contribution in [3.8, 4) is 45.7 Å². The molecule has 0 fully saturated rings. The Morgan fingerprint density at radius 2 is 1.83 bits per heavy atom. The zero-order valence-corrected chi connectivity index (χ0v) is 25.1. The molecule has 0 spiro atoms. The van der Waals surface area contributed by atoms with Crippen LogP contribution < -0.4 is 19.5 Å². The quantitative estimate of drug-likeness (QED) is 0.166. The van der Waals surface area contributed by atoms with E-state index in [9.17, 15) is 10.1 Å². The number of nitriles is 1. The highest BCUT2D eigenvalue weighted by Gasteiger charge is 2.24. The number of fused-ring (bicyclic) bond motifs is 1. The third kappa shape index (κ3) is 6.03. The second-order valence-electron chi connectivity index (χ2n) is 9.09. The zero-order chi connectivity index (χ0) is 29.6. The van der Waals surface area contributed by atoms with Gasteiger partial charge in [-0.3, -0.25) is 4.79 Å². The first-order valence-electron chi connectivity index (χ1n) is 13.2. The number of hydrogen-bond donors (Lipinski definition) is 1. The van der Waals surface area contributed by atoms with E-state index >= 15 is 0 Å². The molecule has 2 heterocycles. The molecule has 0 saturated carbocycles. The molecule has 212 valence electrons. The van der Waals surface area contributed by atoms with Gasteiger partial charge in [0.15, 0.2) is 16.6 Å². The van der Waals surface area contributed by atoms with Crippen LogP contribution in [0.4, 0.5) is 5.13 Å². The average Bonchev–Trinajstić information content (AvgIpc) is 3.42. The molecule has 1 atom stereocenters. The average molecular weight is 597 g/mol. The number of anilines is 1. The lowest BCUT2D eigenvalue weighted by Gasteiger charge is -2.17. The minimum Gasteiger partial charge on any atom is -0.494 e. The largest absolute Gasteiger partial charge is 0.494 e. The van der Waals surface area contributed by atoms with E-state index in [4.69, 9.17) is 19.2 Å². The van der Waals surface area contributed by atoms with E-state index < -0.39 is 5.25 Å². The maximum Gasteiger partial charge on any atom is 0.239 e. The molecular formula is C32H28N4O4S2. The Morgan fingerprint density at radius 3 is 2.55 bits per heavy atom. The van der Waals surface area contributed by atoms with Crippen LogP contribution in [0.3, 0.4) is 0 Å². The van der Waals surface area contributed by atoms with Gasteiger partial charge in [-0.1, -0.05) is 65.6 Å². The number of carbonyl (C=O) groups excluding carboxylic acids is 1. The lowest BCUT2D eigenvalue weighted by atomic mass is 9.98. The van der Waals surface area contributed by atoms with Crippen LogP contribution in [-0.2, 0) is 4.79 Å². The lowest BCUT2D eigenvalue weighted by molar-refractivity contribution is -0.115. The molecular weight excluding hydrogens is 569 g/mol. The van der Waals surface area contributed by atoms with Crippen molar-refractivity contribution >= 4 is 44.4 Å². The number of methoxy groups -OCH3 is 2. The number of rotatable bonds is 10. The van der Waals surface area contributed by atoms with E-state index in [1.54, 1.807) is 27.2 Å². The highest BCUT2D eigenvalue weighted by Crippen LogP contribution is 2.43. The van der Waals surface area contributed by atoms with Gasteiger partial charge in [0, 0.05) is 16.7 Å². The van der Waals surface area contributed by atoms with Crippen LogP contribution in [0, 0.1) is 11.3 Å². The predicted octanol–water partition coefficient (Wildman–Crippen LogP) is 7.43. The Hall–Kier alpha value is -4.59. The first kappa shape index (κ1) is 28.9. The van der Waals surface area contributed by atoms with Gasteiger partial charge in [-0.05, 0) is 44.2 Å². The van der Waals surface area contributed by atoms with E-state index in [-0.39, 0.29) is 5.91 Å². The van der Waals surface area contributed by atoms with Crippen molar-refractivity contribution in [2.75, 3.05) is 26.1 Å². The second kappa shape index (κ2) is 12.9. The summed E-state index contributed by atoms with van der Waals surface area (Å²) >= 11 is 2.60. The van der Waals surface area contributed by atoms with Gasteiger partial charge >= 0.3 is 0 Å². The third-order valence-electron chi connectivity index (χ3n) is 6.42. The number of thiazole rings is 1. The van der Waals surface area contributed by atoms with Gasteiger partial charge in [-0.15, -0.1) is 0 Å². The number of pyridine rings is 1. The van der Waals surface area contributed by atoms with Gasteiger partial charge in [-0.2, -0.15) is 5.26 Å². The van der Waals surface area contributed by atoms with Crippen LogP contribution in [-0.4, -0.2) is 42.0 Å². The number of amides is 1. The zero-order valence-electron chi connectivity index (χ0n) is 23.5. The first-order valence-corrected chi connectivity index (χ1v) is 14.9. The molecule has 42 heavy (non-hydrogen) atoms. The standard InChI is InChI=1S/C32H28N4O4S2/c1-5-40-21-14-15-25-28(16-21)42-32(35-25)36-30(37)19(2)41-31-24(18-33)23(17-26(34-31)20-10-7-6-8-11-20)22-12-9-13-27(38-3)29(22)39-4/h6-17,19H,5H2,1-4H3,(H,35,36,37). The monoisotopic (exact) mass is 596 g/mol. The Kier molecular flexibility index (Phi) is 8.91. The summed E-state index contributed by atoms with van der Waals surface area (Å²) in [4.78, 5) is 22.7. The van der Waals surface area contributed by atoms with Crippen LogP contribution in [0.2, 0.25) is 0 Å². The molecule has 8 nitrogen and oxygen atoms in total. The molecule has 1 N–H and O–H groups in total. The molecule has 0 saturated heterocycles. The fraction of sp³-hybridized carbons (Fsp3) is 0.188. The van der Waals surface area contributed by atoms with Crippen LogP contribution >= 0.6 is 23.1 Å². The van der Waals surface area contributed by atoms with E-state index in [0.717, 1.165) is 21.5 Å². The number of para-hydroxylation sites is 1. The Balaban J connectivity index is 1.50. The molecule has 1 amide bonds. The maximum atomic E-state index is 13.3.